The second kappa shape index (κ2) is 8.88. The molecular weight excluding hydrogens is 470 g/mol. The van der Waals surface area contributed by atoms with Gasteiger partial charge in [-0.3, -0.25) is 0 Å². The van der Waals surface area contributed by atoms with E-state index in [1.165, 1.54) is 0 Å². The molecule has 172 valence electrons. The van der Waals surface area contributed by atoms with E-state index in [0.717, 1.165) is 5.56 Å². The van der Waals surface area contributed by atoms with Crippen LogP contribution in [0.25, 0.3) is 0 Å². The molecule has 31 heavy (non-hydrogen) atoms. The molecule has 1 amide bonds. The van der Waals surface area contributed by atoms with E-state index in [4.69, 9.17) is 28.4 Å². The summed E-state index contributed by atoms with van der Waals surface area (Å²) in [7, 11) is 0. The summed E-state index contributed by atoms with van der Waals surface area (Å²) in [5, 5.41) is 2.88. The topological polar surface area (TPSA) is 84.5 Å². The van der Waals surface area contributed by atoms with Gasteiger partial charge >= 0.3 is 6.09 Å². The van der Waals surface area contributed by atoms with Gasteiger partial charge in [0.15, 0.2) is 17.3 Å². The van der Waals surface area contributed by atoms with Crippen LogP contribution in [0, 0.1) is 6.92 Å². The molecule has 1 N–H and O–H groups in total. The van der Waals surface area contributed by atoms with E-state index in [1.807, 2.05) is 20.8 Å². The van der Waals surface area contributed by atoms with Gasteiger partial charge in [-0.1, -0.05) is 12.7 Å². The summed E-state index contributed by atoms with van der Waals surface area (Å²) < 4.78 is 35.6. The highest BCUT2D eigenvalue weighted by Crippen LogP contribution is 2.53. The molecule has 1 aromatic carbocycles. The number of alkyl carbamates (subject to hydrolysis) is 1. The summed E-state index contributed by atoms with van der Waals surface area (Å²) in [6.45, 7) is 15.3. The Morgan fingerprint density at radius 2 is 2.00 bits per heavy atom. The lowest BCUT2D eigenvalue weighted by molar-refractivity contribution is -0.284. The molecule has 1 saturated heterocycles. The van der Waals surface area contributed by atoms with Crippen LogP contribution in [0.3, 0.4) is 0 Å². The lowest BCUT2D eigenvalue weighted by Gasteiger charge is -2.42. The molecule has 2 heterocycles. The van der Waals surface area contributed by atoms with Crippen molar-refractivity contribution in [1.82, 2.24) is 5.32 Å². The third kappa shape index (κ3) is 5.27. The monoisotopic (exact) mass is 499 g/mol. The highest BCUT2D eigenvalue weighted by atomic mass is 79.9. The van der Waals surface area contributed by atoms with Gasteiger partial charge in [0, 0.05) is 11.1 Å². The maximum Gasteiger partial charge on any atom is 0.408 e. The number of amides is 1. The molecule has 3 rings (SSSR count). The SMILES string of the molecule is C=CCOc1c(C)c2c(c(Br)c1[C@@H]1OC(C)(C)OC[C@H]1NC(=O)OC(C)(C)C)OCO2. The predicted molar refractivity (Wildman–Crippen MR) is 118 cm³/mol. The molecule has 2 aliphatic heterocycles. The van der Waals surface area contributed by atoms with E-state index < -0.39 is 29.6 Å². The molecule has 8 nitrogen and oxygen atoms in total. The first kappa shape index (κ1) is 23.7. The summed E-state index contributed by atoms with van der Waals surface area (Å²) in [5.74, 6) is 0.880. The van der Waals surface area contributed by atoms with Gasteiger partial charge in [0.1, 0.15) is 24.1 Å². The molecule has 0 unspecified atom stereocenters. The van der Waals surface area contributed by atoms with Crippen LogP contribution in [0.4, 0.5) is 4.79 Å². The number of benzene rings is 1. The van der Waals surface area contributed by atoms with E-state index in [0.29, 0.717) is 27.3 Å². The summed E-state index contributed by atoms with van der Waals surface area (Å²) in [5.41, 5.74) is 0.834. The van der Waals surface area contributed by atoms with Gasteiger partial charge in [0.25, 0.3) is 0 Å². The van der Waals surface area contributed by atoms with Gasteiger partial charge in [0.05, 0.1) is 17.1 Å². The first-order valence-corrected chi connectivity index (χ1v) is 10.9. The zero-order chi connectivity index (χ0) is 23.0. The van der Waals surface area contributed by atoms with Gasteiger partial charge in [-0.05, 0) is 57.5 Å². The molecule has 9 heteroatoms. The Morgan fingerprint density at radius 1 is 1.32 bits per heavy atom. The van der Waals surface area contributed by atoms with Gasteiger partial charge in [-0.25, -0.2) is 4.79 Å². The summed E-state index contributed by atoms with van der Waals surface area (Å²) in [6.07, 6.45) is 0.489. The second-order valence-corrected chi connectivity index (χ2v) is 9.64. The average Bonchev–Trinajstić information content (AvgIpc) is 3.14. The van der Waals surface area contributed by atoms with Gasteiger partial charge in [-0.2, -0.15) is 0 Å². The zero-order valence-electron chi connectivity index (χ0n) is 18.8. The molecule has 2 atom stereocenters. The van der Waals surface area contributed by atoms with Crippen LogP contribution in [-0.2, 0) is 14.2 Å². The largest absolute Gasteiger partial charge is 0.489 e. The third-order valence-corrected chi connectivity index (χ3v) is 5.48. The van der Waals surface area contributed by atoms with Crippen LogP contribution in [0.1, 0.15) is 51.8 Å². The van der Waals surface area contributed by atoms with Crippen molar-refractivity contribution in [3.05, 3.63) is 28.3 Å². The van der Waals surface area contributed by atoms with E-state index in [9.17, 15) is 4.79 Å². The van der Waals surface area contributed by atoms with Crippen LogP contribution in [0.15, 0.2) is 17.1 Å². The van der Waals surface area contributed by atoms with Crippen LogP contribution in [0.2, 0.25) is 0 Å². The molecule has 0 radical (unpaired) electrons. The van der Waals surface area contributed by atoms with E-state index in [-0.39, 0.29) is 20.0 Å². The Hall–Kier alpha value is -1.97. The smallest absolute Gasteiger partial charge is 0.408 e. The molecule has 0 spiro atoms. The Kier molecular flexibility index (Phi) is 6.78. The van der Waals surface area contributed by atoms with Crippen molar-refractivity contribution < 1.29 is 33.2 Å². The van der Waals surface area contributed by atoms with Crippen molar-refractivity contribution in [2.24, 2.45) is 0 Å². The number of nitrogens with one attached hydrogen (secondary N) is 1. The fourth-order valence-corrected chi connectivity index (χ4v) is 4.17. The van der Waals surface area contributed by atoms with Crippen LogP contribution >= 0.6 is 15.9 Å². The average molecular weight is 500 g/mol. The molecule has 0 aromatic heterocycles. The van der Waals surface area contributed by atoms with E-state index in [1.54, 1.807) is 26.8 Å². The first-order chi connectivity index (χ1) is 14.4. The van der Waals surface area contributed by atoms with E-state index >= 15 is 0 Å². The van der Waals surface area contributed by atoms with Gasteiger partial charge in [-0.15, -0.1) is 0 Å². The lowest BCUT2D eigenvalue weighted by atomic mass is 9.96. The first-order valence-electron chi connectivity index (χ1n) is 10.1. The molecule has 1 fully saturated rings. The maximum atomic E-state index is 12.5. The summed E-state index contributed by atoms with van der Waals surface area (Å²) in [6, 6.07) is -0.537. The zero-order valence-corrected chi connectivity index (χ0v) is 20.4. The Balaban J connectivity index is 2.06. The summed E-state index contributed by atoms with van der Waals surface area (Å²) in [4.78, 5) is 12.5. The number of carbonyl (C=O) groups excluding carboxylic acids is 1. The Labute approximate surface area is 191 Å². The fourth-order valence-electron chi connectivity index (χ4n) is 3.47. The third-order valence-electron chi connectivity index (χ3n) is 4.69. The van der Waals surface area contributed by atoms with Crippen LogP contribution in [0.5, 0.6) is 17.2 Å². The number of ether oxygens (including phenoxy) is 6. The fraction of sp³-hybridized carbons (Fsp3) is 0.591. The number of hydrogen-bond acceptors (Lipinski definition) is 7. The standard InChI is InChI=1S/C22H30BrNO7/c1-8-9-26-16-12(2)17-19(28-11-27-17)15(23)14(16)18-13(10-29-22(6,7)30-18)24-20(25)31-21(3,4)5/h8,13,18H,1,9-11H2,2-7H3,(H,24,25)/t13-,18-/m1/s1. The Morgan fingerprint density at radius 3 is 2.65 bits per heavy atom. The number of halogens is 1. The number of carbonyl (C=O) groups is 1. The highest BCUT2D eigenvalue weighted by molar-refractivity contribution is 9.10. The number of hydrogen-bond donors (Lipinski definition) is 1. The quantitative estimate of drug-likeness (QED) is 0.584. The molecule has 0 saturated carbocycles. The summed E-state index contributed by atoms with van der Waals surface area (Å²) >= 11 is 3.65. The normalized spacial score (nSPS) is 22.0. The molecule has 0 bridgehead atoms. The van der Waals surface area contributed by atoms with Crippen molar-refractivity contribution in [1.29, 1.82) is 0 Å². The predicted octanol–water partition coefficient (Wildman–Crippen LogP) is 4.77. The van der Waals surface area contributed by atoms with Crippen molar-refractivity contribution in [2.45, 2.75) is 65.1 Å². The van der Waals surface area contributed by atoms with Crippen molar-refractivity contribution in [3.8, 4) is 17.2 Å². The molecular formula is C22H30BrNO7. The van der Waals surface area contributed by atoms with Crippen LogP contribution < -0.4 is 19.5 Å². The highest BCUT2D eigenvalue weighted by Gasteiger charge is 2.43. The molecule has 1 aromatic rings. The molecule has 2 aliphatic rings. The van der Waals surface area contributed by atoms with Crippen molar-refractivity contribution in [3.63, 3.8) is 0 Å². The number of rotatable bonds is 5. The molecule has 0 aliphatic carbocycles. The van der Waals surface area contributed by atoms with Gasteiger partial charge in [0.2, 0.25) is 6.79 Å². The Bertz CT molecular complexity index is 863. The minimum Gasteiger partial charge on any atom is -0.489 e. The minimum absolute atomic E-state index is 0.110. The van der Waals surface area contributed by atoms with E-state index in [2.05, 4.69) is 27.8 Å². The van der Waals surface area contributed by atoms with Crippen molar-refractivity contribution >= 4 is 22.0 Å². The van der Waals surface area contributed by atoms with Crippen LogP contribution in [-0.4, -0.2) is 43.5 Å². The van der Waals surface area contributed by atoms with Gasteiger partial charge < -0.3 is 33.7 Å². The lowest BCUT2D eigenvalue weighted by Crippen LogP contribution is -2.52. The van der Waals surface area contributed by atoms with Crippen molar-refractivity contribution in [2.75, 3.05) is 20.0 Å². The second-order valence-electron chi connectivity index (χ2n) is 8.85. The minimum atomic E-state index is -0.879. The number of fused-ring (bicyclic) bond motifs is 1. The maximum absolute atomic E-state index is 12.5.